The molecule has 1 rings (SSSR count). The van der Waals surface area contributed by atoms with Crippen molar-refractivity contribution in [3.63, 3.8) is 0 Å². The number of amides is 1. The van der Waals surface area contributed by atoms with Crippen molar-refractivity contribution in [1.82, 2.24) is 5.32 Å². The second kappa shape index (κ2) is 7.14. The van der Waals surface area contributed by atoms with Crippen LogP contribution in [0.25, 0.3) is 0 Å². The molecular formula is C12H15FN2O5S. The summed E-state index contributed by atoms with van der Waals surface area (Å²) >= 11 is 0. The lowest BCUT2D eigenvalue weighted by atomic mass is 10.1. The number of carbonyl (C=O) groups excluding carboxylic acids is 1. The zero-order chi connectivity index (χ0) is 16.0. The lowest BCUT2D eigenvalue weighted by Crippen LogP contribution is -2.32. The molecule has 1 aromatic rings. The van der Waals surface area contributed by atoms with Crippen molar-refractivity contribution in [3.8, 4) is 0 Å². The van der Waals surface area contributed by atoms with E-state index in [-0.39, 0.29) is 18.5 Å². The summed E-state index contributed by atoms with van der Waals surface area (Å²) in [5.41, 5.74) is 5.47. The van der Waals surface area contributed by atoms with E-state index in [1.807, 2.05) is 0 Å². The van der Waals surface area contributed by atoms with E-state index in [1.54, 1.807) is 0 Å². The lowest BCUT2D eigenvalue weighted by molar-refractivity contribution is -0.138. The lowest BCUT2D eigenvalue weighted by Gasteiger charge is -2.07. The largest absolute Gasteiger partial charge is 0.480 e. The molecule has 0 aliphatic carbocycles. The monoisotopic (exact) mass is 318 g/mol. The van der Waals surface area contributed by atoms with Crippen LogP contribution in [0, 0.1) is 0 Å². The topological polar surface area (TPSA) is 127 Å². The van der Waals surface area contributed by atoms with Crippen LogP contribution in [0.1, 0.15) is 23.2 Å². The van der Waals surface area contributed by atoms with Crippen LogP contribution in [-0.4, -0.2) is 38.0 Å². The molecule has 1 aromatic carbocycles. The van der Waals surface area contributed by atoms with E-state index in [0.29, 0.717) is 6.42 Å². The molecule has 0 bridgehead atoms. The number of hydrogen-bond acceptors (Lipinski definition) is 5. The number of aliphatic carboxylic acids is 1. The SMILES string of the molecule is N[C@H](CCCNC(=O)c1ccc(S(=O)(=O)F)cc1)C(=O)O. The summed E-state index contributed by atoms with van der Waals surface area (Å²) in [4.78, 5) is 21.6. The first-order valence-corrected chi connectivity index (χ1v) is 7.41. The fourth-order valence-corrected chi connectivity index (χ4v) is 1.98. The minimum Gasteiger partial charge on any atom is -0.480 e. The maximum Gasteiger partial charge on any atom is 0.332 e. The van der Waals surface area contributed by atoms with E-state index in [9.17, 15) is 21.9 Å². The summed E-state index contributed by atoms with van der Waals surface area (Å²) in [5.74, 6) is -1.58. The Kier molecular flexibility index (Phi) is 5.79. The van der Waals surface area contributed by atoms with Crippen LogP contribution < -0.4 is 11.1 Å². The van der Waals surface area contributed by atoms with Gasteiger partial charge in [0.2, 0.25) is 0 Å². The molecule has 7 nitrogen and oxygen atoms in total. The number of nitrogens with two attached hydrogens (primary N) is 1. The molecule has 116 valence electrons. The molecule has 1 amide bonds. The minimum absolute atomic E-state index is 0.171. The van der Waals surface area contributed by atoms with E-state index < -0.39 is 33.0 Å². The first-order valence-electron chi connectivity index (χ1n) is 6.03. The van der Waals surface area contributed by atoms with E-state index in [4.69, 9.17) is 10.8 Å². The Balaban J connectivity index is 2.48. The van der Waals surface area contributed by atoms with Crippen molar-refractivity contribution in [2.75, 3.05) is 6.54 Å². The molecule has 0 heterocycles. The summed E-state index contributed by atoms with van der Waals surface area (Å²) < 4.78 is 33.9. The Morgan fingerprint density at radius 2 is 1.86 bits per heavy atom. The van der Waals surface area contributed by atoms with Crippen molar-refractivity contribution in [3.05, 3.63) is 29.8 Å². The highest BCUT2D eigenvalue weighted by Crippen LogP contribution is 2.12. The second-order valence-electron chi connectivity index (χ2n) is 4.31. The van der Waals surface area contributed by atoms with Gasteiger partial charge in [-0.15, -0.1) is 3.89 Å². The quantitative estimate of drug-likeness (QED) is 0.489. The summed E-state index contributed by atoms with van der Waals surface area (Å²) in [6, 6.07) is 3.38. The molecule has 0 aliphatic heterocycles. The number of nitrogens with one attached hydrogen (secondary N) is 1. The molecule has 9 heteroatoms. The Labute approximate surface area is 121 Å². The van der Waals surface area contributed by atoms with Gasteiger partial charge in [0.05, 0.1) is 4.90 Å². The maximum atomic E-state index is 12.7. The number of carbonyl (C=O) groups is 2. The standard InChI is InChI=1S/C12H15FN2O5S/c13-21(19,20)9-5-3-8(4-6-9)11(16)15-7-1-2-10(14)12(17)18/h3-6,10H,1-2,7,14H2,(H,15,16)(H,17,18)/t10-/m1/s1. The zero-order valence-corrected chi connectivity index (χ0v) is 11.8. The van der Waals surface area contributed by atoms with E-state index in [2.05, 4.69) is 5.32 Å². The van der Waals surface area contributed by atoms with E-state index in [0.717, 1.165) is 12.1 Å². The molecule has 1 atom stereocenters. The predicted molar refractivity (Wildman–Crippen MR) is 71.9 cm³/mol. The zero-order valence-electron chi connectivity index (χ0n) is 11.0. The molecule has 0 spiro atoms. The number of carboxylic acid groups (broad SMARTS) is 1. The van der Waals surface area contributed by atoms with E-state index in [1.165, 1.54) is 12.1 Å². The molecular weight excluding hydrogens is 303 g/mol. The molecule has 0 aromatic heterocycles. The van der Waals surface area contributed by atoms with Crippen LogP contribution in [0.5, 0.6) is 0 Å². The van der Waals surface area contributed by atoms with Gasteiger partial charge in [-0.2, -0.15) is 8.42 Å². The second-order valence-corrected chi connectivity index (χ2v) is 5.65. The summed E-state index contributed by atoms with van der Waals surface area (Å²) in [6.45, 7) is 0.225. The molecule has 0 fully saturated rings. The third-order valence-corrected chi connectivity index (χ3v) is 3.53. The van der Waals surface area contributed by atoms with Gasteiger partial charge in [0.25, 0.3) is 5.91 Å². The van der Waals surface area contributed by atoms with Crippen LogP contribution >= 0.6 is 0 Å². The fraction of sp³-hybridized carbons (Fsp3) is 0.333. The van der Waals surface area contributed by atoms with Gasteiger partial charge in [-0.25, -0.2) is 0 Å². The fourth-order valence-electron chi connectivity index (χ4n) is 1.52. The highest BCUT2D eigenvalue weighted by atomic mass is 32.3. The van der Waals surface area contributed by atoms with Gasteiger partial charge >= 0.3 is 16.2 Å². The number of benzene rings is 1. The molecule has 0 radical (unpaired) electrons. The third kappa shape index (κ3) is 5.48. The first-order chi connectivity index (χ1) is 9.71. The Hall–Kier alpha value is -2.00. The van der Waals surface area contributed by atoms with Gasteiger partial charge in [0, 0.05) is 12.1 Å². The highest BCUT2D eigenvalue weighted by Gasteiger charge is 2.13. The molecule has 21 heavy (non-hydrogen) atoms. The number of hydrogen-bond donors (Lipinski definition) is 3. The number of rotatable bonds is 7. The smallest absolute Gasteiger partial charge is 0.332 e. The molecule has 0 saturated carbocycles. The van der Waals surface area contributed by atoms with Crippen LogP contribution in [0.4, 0.5) is 3.89 Å². The average Bonchev–Trinajstić information content (AvgIpc) is 2.42. The van der Waals surface area contributed by atoms with Crippen LogP contribution in [0.3, 0.4) is 0 Å². The minimum atomic E-state index is -4.79. The third-order valence-electron chi connectivity index (χ3n) is 2.69. The van der Waals surface area contributed by atoms with Crippen molar-refractivity contribution < 1.29 is 27.0 Å². The van der Waals surface area contributed by atoms with Gasteiger partial charge in [-0.05, 0) is 37.1 Å². The maximum absolute atomic E-state index is 12.7. The number of carboxylic acids is 1. The first kappa shape index (κ1) is 17.1. The Morgan fingerprint density at radius 1 is 1.29 bits per heavy atom. The predicted octanol–water partition coefficient (Wildman–Crippen LogP) is 0.267. The van der Waals surface area contributed by atoms with Crippen molar-refractivity contribution in [2.24, 2.45) is 5.73 Å². The number of halogens is 1. The van der Waals surface area contributed by atoms with E-state index >= 15 is 0 Å². The van der Waals surface area contributed by atoms with Crippen LogP contribution in [0.2, 0.25) is 0 Å². The molecule has 4 N–H and O–H groups in total. The average molecular weight is 318 g/mol. The van der Waals surface area contributed by atoms with Gasteiger partial charge < -0.3 is 16.2 Å². The van der Waals surface area contributed by atoms with Crippen LogP contribution in [-0.2, 0) is 15.0 Å². The molecule has 0 aliphatic rings. The normalized spacial score (nSPS) is 12.7. The van der Waals surface area contributed by atoms with Crippen molar-refractivity contribution in [1.29, 1.82) is 0 Å². The molecule has 0 unspecified atom stereocenters. The van der Waals surface area contributed by atoms with Gasteiger partial charge in [0.15, 0.2) is 0 Å². The van der Waals surface area contributed by atoms with Gasteiger partial charge in [-0.3, -0.25) is 9.59 Å². The molecule has 0 saturated heterocycles. The van der Waals surface area contributed by atoms with Crippen molar-refractivity contribution in [2.45, 2.75) is 23.8 Å². The summed E-state index contributed by atoms with van der Waals surface area (Å²) in [6.07, 6.45) is 0.602. The Bertz CT molecular complexity index is 615. The van der Waals surface area contributed by atoms with Gasteiger partial charge in [-0.1, -0.05) is 0 Å². The van der Waals surface area contributed by atoms with Crippen LogP contribution in [0.15, 0.2) is 29.2 Å². The summed E-state index contributed by atoms with van der Waals surface area (Å²) in [7, 11) is -4.79. The Morgan fingerprint density at radius 3 is 2.33 bits per heavy atom. The highest BCUT2D eigenvalue weighted by molar-refractivity contribution is 7.86. The van der Waals surface area contributed by atoms with Crippen molar-refractivity contribution >= 4 is 22.1 Å². The van der Waals surface area contributed by atoms with Gasteiger partial charge in [0.1, 0.15) is 6.04 Å². The summed E-state index contributed by atoms with van der Waals surface area (Å²) in [5, 5.41) is 11.1.